The third-order valence-corrected chi connectivity index (χ3v) is 4.25. The van der Waals surface area contributed by atoms with Crippen molar-refractivity contribution < 1.29 is 14.5 Å². The molecule has 1 atom stereocenters. The van der Waals surface area contributed by atoms with Crippen molar-refractivity contribution in [3.8, 4) is 0 Å². The van der Waals surface area contributed by atoms with E-state index in [4.69, 9.17) is 4.74 Å². The average molecular weight is 373 g/mol. The van der Waals surface area contributed by atoms with Gasteiger partial charge in [-0.05, 0) is 39.2 Å². The second kappa shape index (κ2) is 7.34. The van der Waals surface area contributed by atoms with Crippen LogP contribution in [-0.4, -0.2) is 51.1 Å². The van der Waals surface area contributed by atoms with Crippen LogP contribution in [-0.2, 0) is 4.74 Å². The number of nitro groups is 1. The van der Waals surface area contributed by atoms with Crippen LogP contribution in [0.5, 0.6) is 0 Å². The third-order valence-electron chi connectivity index (χ3n) is 4.25. The molecule has 1 N–H and O–H groups in total. The molecule has 1 aliphatic heterocycles. The predicted octanol–water partition coefficient (Wildman–Crippen LogP) is 3.21. The molecule has 1 aliphatic rings. The number of non-ortho nitro benzene ring substituents is 1. The summed E-state index contributed by atoms with van der Waals surface area (Å²) in [6.45, 7) is 7.53. The summed E-state index contributed by atoms with van der Waals surface area (Å²) >= 11 is 0. The van der Waals surface area contributed by atoms with Crippen molar-refractivity contribution in [1.29, 1.82) is 0 Å². The number of benzene rings is 1. The van der Waals surface area contributed by atoms with E-state index in [0.29, 0.717) is 42.4 Å². The number of carbonyl (C=O) groups excluding carboxylic acids is 1. The second-order valence-electron chi connectivity index (χ2n) is 7.65. The van der Waals surface area contributed by atoms with Gasteiger partial charge in [0, 0.05) is 31.8 Å². The molecule has 0 aliphatic carbocycles. The van der Waals surface area contributed by atoms with Crippen LogP contribution in [0.3, 0.4) is 0 Å². The first-order chi connectivity index (χ1) is 12.7. The fraction of sp³-hybridized carbons (Fsp3) is 0.500. The summed E-state index contributed by atoms with van der Waals surface area (Å²) in [6.07, 6.45) is 2.17. The summed E-state index contributed by atoms with van der Waals surface area (Å²) in [7, 11) is 0. The zero-order chi connectivity index (χ0) is 19.6. The van der Waals surface area contributed by atoms with E-state index in [1.165, 1.54) is 12.1 Å². The van der Waals surface area contributed by atoms with Gasteiger partial charge < -0.3 is 15.0 Å². The zero-order valence-electron chi connectivity index (χ0n) is 15.6. The van der Waals surface area contributed by atoms with Crippen LogP contribution >= 0.6 is 0 Å². The molecule has 0 bridgehead atoms. The highest BCUT2D eigenvalue weighted by Gasteiger charge is 2.29. The minimum atomic E-state index is -0.497. The van der Waals surface area contributed by atoms with Gasteiger partial charge in [-0.25, -0.2) is 9.78 Å². The van der Waals surface area contributed by atoms with Crippen molar-refractivity contribution in [3.05, 3.63) is 34.5 Å². The lowest BCUT2D eigenvalue weighted by atomic mass is 10.1. The summed E-state index contributed by atoms with van der Waals surface area (Å²) < 4.78 is 5.40. The number of carbonyl (C=O) groups is 1. The molecule has 2 aromatic rings. The molecule has 0 saturated carbocycles. The lowest BCUT2D eigenvalue weighted by molar-refractivity contribution is -0.384. The molecule has 9 heteroatoms. The Morgan fingerprint density at radius 2 is 2.19 bits per heavy atom. The summed E-state index contributed by atoms with van der Waals surface area (Å²) in [5.74, 6) is 0.902. The van der Waals surface area contributed by atoms with Gasteiger partial charge in [-0.2, -0.15) is 0 Å². The molecule has 1 saturated heterocycles. The van der Waals surface area contributed by atoms with E-state index >= 15 is 0 Å². The van der Waals surface area contributed by atoms with Crippen molar-refractivity contribution in [2.24, 2.45) is 5.92 Å². The Morgan fingerprint density at radius 3 is 2.89 bits per heavy atom. The highest BCUT2D eigenvalue weighted by atomic mass is 16.6. The quantitative estimate of drug-likeness (QED) is 0.647. The molecular weight excluding hydrogens is 350 g/mol. The van der Waals surface area contributed by atoms with Gasteiger partial charge in [0.05, 0.1) is 22.2 Å². The summed E-state index contributed by atoms with van der Waals surface area (Å²) in [5.41, 5.74) is 0.563. The molecule has 0 spiro atoms. The first-order valence-electron chi connectivity index (χ1n) is 8.84. The molecule has 27 heavy (non-hydrogen) atoms. The molecule has 1 fully saturated rings. The minimum absolute atomic E-state index is 0.00861. The number of nitrogens with zero attached hydrogens (tertiary/aromatic N) is 4. The highest BCUT2D eigenvalue weighted by Crippen LogP contribution is 2.21. The highest BCUT2D eigenvalue weighted by molar-refractivity contribution is 5.78. The van der Waals surface area contributed by atoms with E-state index in [1.54, 1.807) is 17.2 Å². The maximum atomic E-state index is 12.1. The van der Waals surface area contributed by atoms with Crippen LogP contribution < -0.4 is 5.32 Å². The number of hydrogen-bond acceptors (Lipinski definition) is 7. The normalized spacial score (nSPS) is 17.1. The molecule has 9 nitrogen and oxygen atoms in total. The van der Waals surface area contributed by atoms with E-state index in [0.717, 1.165) is 6.42 Å². The number of nitrogens with one attached hydrogen (secondary N) is 1. The van der Waals surface area contributed by atoms with Gasteiger partial charge in [-0.3, -0.25) is 15.1 Å². The Bertz CT molecular complexity index is 864. The number of nitro benzene ring substituents is 1. The van der Waals surface area contributed by atoms with Gasteiger partial charge in [-0.15, -0.1) is 0 Å². The van der Waals surface area contributed by atoms with E-state index in [1.807, 2.05) is 20.8 Å². The van der Waals surface area contributed by atoms with E-state index in [9.17, 15) is 14.9 Å². The van der Waals surface area contributed by atoms with Gasteiger partial charge >= 0.3 is 6.09 Å². The lowest BCUT2D eigenvalue weighted by Gasteiger charge is -2.24. The number of fused-ring (bicyclic) bond motifs is 1. The van der Waals surface area contributed by atoms with E-state index in [-0.39, 0.29) is 11.8 Å². The first kappa shape index (κ1) is 18.8. The van der Waals surface area contributed by atoms with Crippen LogP contribution in [0.25, 0.3) is 11.0 Å². The van der Waals surface area contributed by atoms with Crippen LogP contribution in [0.2, 0.25) is 0 Å². The van der Waals surface area contributed by atoms with Crippen LogP contribution in [0.15, 0.2) is 24.4 Å². The minimum Gasteiger partial charge on any atom is -0.444 e. The number of hydrogen-bond donors (Lipinski definition) is 1. The topological polar surface area (TPSA) is 110 Å². The summed E-state index contributed by atoms with van der Waals surface area (Å²) in [4.78, 5) is 32.9. The maximum absolute atomic E-state index is 12.1. The number of ether oxygens (including phenoxy) is 1. The van der Waals surface area contributed by atoms with Gasteiger partial charge in [-0.1, -0.05) is 0 Å². The SMILES string of the molecule is CC(C)(C)OC(=O)N1CC[C@@H](CNc2cnc3cc([N+](=O)[O-])ccc3n2)C1. The first-order valence-corrected chi connectivity index (χ1v) is 8.84. The van der Waals surface area contributed by atoms with E-state index in [2.05, 4.69) is 15.3 Å². The standard InChI is InChI=1S/C18H23N5O4/c1-18(2,3)27-17(24)22-7-6-12(11-22)9-20-16-10-19-15-8-13(23(25)26)4-5-14(15)21-16/h4-5,8,10,12H,6-7,9,11H2,1-3H3,(H,20,21)/t12-/m0/s1. The predicted molar refractivity (Wildman–Crippen MR) is 101 cm³/mol. The van der Waals surface area contributed by atoms with Gasteiger partial charge in [0.25, 0.3) is 5.69 Å². The molecule has 3 rings (SSSR count). The van der Waals surface area contributed by atoms with Crippen LogP contribution in [0, 0.1) is 16.0 Å². The smallest absolute Gasteiger partial charge is 0.410 e. The van der Waals surface area contributed by atoms with Gasteiger partial charge in [0.2, 0.25) is 0 Å². The zero-order valence-corrected chi connectivity index (χ0v) is 15.6. The molecule has 1 aromatic heterocycles. The fourth-order valence-electron chi connectivity index (χ4n) is 2.94. The number of rotatable bonds is 4. The molecule has 0 radical (unpaired) electrons. The van der Waals surface area contributed by atoms with Gasteiger partial charge in [0.15, 0.2) is 0 Å². The largest absolute Gasteiger partial charge is 0.444 e. The Kier molecular flexibility index (Phi) is 5.11. The van der Waals surface area contributed by atoms with Crippen molar-refractivity contribution >= 4 is 28.6 Å². The van der Waals surface area contributed by atoms with Gasteiger partial charge in [0.1, 0.15) is 11.4 Å². The van der Waals surface area contributed by atoms with Crippen LogP contribution in [0.1, 0.15) is 27.2 Å². The Balaban J connectivity index is 1.57. The van der Waals surface area contributed by atoms with Crippen molar-refractivity contribution in [3.63, 3.8) is 0 Å². The number of anilines is 1. The molecule has 144 valence electrons. The molecule has 1 aromatic carbocycles. The van der Waals surface area contributed by atoms with Crippen molar-refractivity contribution in [2.75, 3.05) is 25.0 Å². The monoisotopic (exact) mass is 373 g/mol. The summed E-state index contributed by atoms with van der Waals surface area (Å²) in [5, 5.41) is 14.1. The number of amides is 1. The van der Waals surface area contributed by atoms with Crippen molar-refractivity contribution in [1.82, 2.24) is 14.9 Å². The average Bonchev–Trinajstić information content (AvgIpc) is 3.07. The number of aromatic nitrogens is 2. The molecular formula is C18H23N5O4. The summed E-state index contributed by atoms with van der Waals surface area (Å²) in [6, 6.07) is 4.41. The Morgan fingerprint density at radius 1 is 1.41 bits per heavy atom. The fourth-order valence-corrected chi connectivity index (χ4v) is 2.94. The third kappa shape index (κ3) is 4.81. The molecule has 1 amide bonds. The van der Waals surface area contributed by atoms with Crippen molar-refractivity contribution in [2.45, 2.75) is 32.8 Å². The number of likely N-dealkylation sites (tertiary alicyclic amines) is 1. The van der Waals surface area contributed by atoms with E-state index < -0.39 is 10.5 Å². The Labute approximate surface area is 156 Å². The maximum Gasteiger partial charge on any atom is 0.410 e. The van der Waals surface area contributed by atoms with Crippen LogP contribution in [0.4, 0.5) is 16.3 Å². The second-order valence-corrected chi connectivity index (χ2v) is 7.65. The molecule has 2 heterocycles. The molecule has 0 unspecified atom stereocenters. The lowest BCUT2D eigenvalue weighted by Crippen LogP contribution is -2.35. The Hall–Kier alpha value is -2.97.